The average Bonchev–Trinajstić information content (AvgIpc) is 2.63. The van der Waals surface area contributed by atoms with Crippen molar-refractivity contribution in [2.24, 2.45) is 0 Å². The molecule has 0 aliphatic heterocycles. The van der Waals surface area contributed by atoms with Crippen LogP contribution in [0.25, 0.3) is 0 Å². The number of rotatable bonds is 2. The van der Waals surface area contributed by atoms with Gasteiger partial charge in [0.05, 0.1) is 17.3 Å². The van der Waals surface area contributed by atoms with E-state index in [-0.39, 0.29) is 16.9 Å². The van der Waals surface area contributed by atoms with Gasteiger partial charge >= 0.3 is 0 Å². The van der Waals surface area contributed by atoms with Crippen LogP contribution in [-0.2, 0) is 5.54 Å². The van der Waals surface area contributed by atoms with Crippen LogP contribution in [0.2, 0.25) is 0 Å². The molecule has 2 rings (SSSR count). The minimum Gasteiger partial charge on any atom is -0.294 e. The van der Waals surface area contributed by atoms with Gasteiger partial charge in [-0.15, -0.1) is 0 Å². The van der Waals surface area contributed by atoms with Gasteiger partial charge in [-0.05, 0) is 26.7 Å². The number of aromatic nitrogens is 2. The summed E-state index contributed by atoms with van der Waals surface area (Å²) in [5.74, 6) is -0.763. The van der Waals surface area contributed by atoms with Gasteiger partial charge in [0.25, 0.3) is 0 Å². The number of Topliss-reactive ketones (excluding diaryl/α,β-unsaturated/α-hetero) is 1. The van der Waals surface area contributed by atoms with Crippen LogP contribution in [0.4, 0.5) is 4.39 Å². The predicted octanol–water partition coefficient (Wildman–Crippen LogP) is 1.73. The molecule has 0 amide bonds. The second-order valence-electron chi connectivity index (χ2n) is 3.81. The first-order chi connectivity index (χ1) is 6.04. The predicted molar refractivity (Wildman–Crippen MR) is 45.1 cm³/mol. The van der Waals surface area contributed by atoms with E-state index in [4.69, 9.17) is 0 Å². The monoisotopic (exact) mass is 182 g/mol. The second kappa shape index (κ2) is 2.40. The molecule has 1 aliphatic carbocycles. The highest BCUT2D eigenvalue weighted by atomic mass is 19.1. The number of halogens is 1. The number of carbonyl (C=O) groups is 1. The van der Waals surface area contributed by atoms with Gasteiger partial charge in [0.1, 0.15) is 0 Å². The highest BCUT2D eigenvalue weighted by Crippen LogP contribution is 2.43. The Morgan fingerprint density at radius 1 is 1.69 bits per heavy atom. The summed E-state index contributed by atoms with van der Waals surface area (Å²) in [6, 6.07) is 0. The SMILES string of the molecule is CC(=O)c1cnn(C2(C)CC2)c1F. The van der Waals surface area contributed by atoms with Crippen LogP contribution >= 0.6 is 0 Å². The molecular weight excluding hydrogens is 171 g/mol. The maximum Gasteiger partial charge on any atom is 0.222 e. The first-order valence-electron chi connectivity index (χ1n) is 4.29. The van der Waals surface area contributed by atoms with E-state index in [2.05, 4.69) is 5.10 Å². The molecule has 0 radical (unpaired) electrons. The summed E-state index contributed by atoms with van der Waals surface area (Å²) in [5, 5.41) is 3.89. The Bertz CT molecular complexity index is 366. The first-order valence-corrected chi connectivity index (χ1v) is 4.29. The Hall–Kier alpha value is -1.19. The number of nitrogens with zero attached hydrogens (tertiary/aromatic N) is 2. The highest BCUT2D eigenvalue weighted by molar-refractivity contribution is 5.93. The molecule has 13 heavy (non-hydrogen) atoms. The van der Waals surface area contributed by atoms with E-state index in [9.17, 15) is 9.18 Å². The molecular formula is C9H11FN2O. The first kappa shape index (κ1) is 8.41. The zero-order valence-electron chi connectivity index (χ0n) is 7.67. The van der Waals surface area contributed by atoms with Crippen molar-refractivity contribution in [3.8, 4) is 0 Å². The zero-order chi connectivity index (χ0) is 9.64. The lowest BCUT2D eigenvalue weighted by Gasteiger charge is -2.08. The summed E-state index contributed by atoms with van der Waals surface area (Å²) in [7, 11) is 0. The fraction of sp³-hybridized carbons (Fsp3) is 0.556. The Labute approximate surface area is 75.5 Å². The molecule has 4 heteroatoms. The molecule has 0 atom stereocenters. The quantitative estimate of drug-likeness (QED) is 0.653. The fourth-order valence-electron chi connectivity index (χ4n) is 1.34. The van der Waals surface area contributed by atoms with Crippen LogP contribution < -0.4 is 0 Å². The molecule has 0 unspecified atom stereocenters. The molecule has 1 aliphatic rings. The summed E-state index contributed by atoms with van der Waals surface area (Å²) in [6.07, 6.45) is 3.17. The second-order valence-corrected chi connectivity index (χ2v) is 3.81. The van der Waals surface area contributed by atoms with Crippen LogP contribution in [0.5, 0.6) is 0 Å². The number of carbonyl (C=O) groups excluding carboxylic acids is 1. The van der Waals surface area contributed by atoms with Crippen LogP contribution in [0.15, 0.2) is 6.20 Å². The van der Waals surface area contributed by atoms with Gasteiger partial charge in [-0.1, -0.05) is 0 Å². The Kier molecular flexibility index (Phi) is 1.55. The van der Waals surface area contributed by atoms with Crippen LogP contribution in [0.1, 0.15) is 37.0 Å². The Morgan fingerprint density at radius 2 is 2.31 bits per heavy atom. The van der Waals surface area contributed by atoms with Crippen molar-refractivity contribution < 1.29 is 9.18 Å². The molecule has 70 valence electrons. The molecule has 1 heterocycles. The van der Waals surface area contributed by atoms with E-state index in [0.717, 1.165) is 12.8 Å². The average molecular weight is 182 g/mol. The van der Waals surface area contributed by atoms with Gasteiger partial charge in [0.2, 0.25) is 5.95 Å². The van der Waals surface area contributed by atoms with E-state index in [1.54, 1.807) is 0 Å². The highest BCUT2D eigenvalue weighted by Gasteiger charge is 2.42. The van der Waals surface area contributed by atoms with Crippen molar-refractivity contribution in [2.75, 3.05) is 0 Å². The molecule has 1 aromatic rings. The molecule has 1 aromatic heterocycles. The Balaban J connectivity index is 2.44. The normalized spacial score (nSPS) is 18.7. The van der Waals surface area contributed by atoms with Crippen molar-refractivity contribution >= 4 is 5.78 Å². The van der Waals surface area contributed by atoms with Gasteiger partial charge in [-0.2, -0.15) is 9.49 Å². The van der Waals surface area contributed by atoms with Gasteiger partial charge in [-0.25, -0.2) is 4.68 Å². The minimum absolute atomic E-state index is 0.0909. The van der Waals surface area contributed by atoms with Gasteiger partial charge in [0.15, 0.2) is 5.78 Å². The summed E-state index contributed by atoms with van der Waals surface area (Å²) in [5.41, 5.74) is -0.0919. The maximum absolute atomic E-state index is 13.5. The van der Waals surface area contributed by atoms with E-state index in [1.165, 1.54) is 17.8 Å². The molecule has 0 N–H and O–H groups in total. The summed E-state index contributed by atoms with van der Waals surface area (Å²) >= 11 is 0. The zero-order valence-corrected chi connectivity index (χ0v) is 7.67. The van der Waals surface area contributed by atoms with Crippen LogP contribution in [0, 0.1) is 5.95 Å². The molecule has 0 bridgehead atoms. The largest absolute Gasteiger partial charge is 0.294 e. The summed E-state index contributed by atoms with van der Waals surface area (Å²) in [6.45, 7) is 3.28. The lowest BCUT2D eigenvalue weighted by Crippen LogP contribution is -2.16. The van der Waals surface area contributed by atoms with Crippen molar-refractivity contribution in [3.63, 3.8) is 0 Å². The number of hydrogen-bond acceptors (Lipinski definition) is 2. The molecule has 0 aromatic carbocycles. The van der Waals surface area contributed by atoms with Crippen molar-refractivity contribution in [1.29, 1.82) is 0 Å². The van der Waals surface area contributed by atoms with Crippen molar-refractivity contribution in [2.45, 2.75) is 32.2 Å². The molecule has 3 nitrogen and oxygen atoms in total. The summed E-state index contributed by atoms with van der Waals surface area (Å²) in [4.78, 5) is 10.9. The van der Waals surface area contributed by atoms with Gasteiger partial charge in [-0.3, -0.25) is 4.79 Å². The fourth-order valence-corrected chi connectivity index (χ4v) is 1.34. The third-order valence-corrected chi connectivity index (χ3v) is 2.57. The van der Waals surface area contributed by atoms with Gasteiger partial charge < -0.3 is 0 Å². The topological polar surface area (TPSA) is 34.9 Å². The lowest BCUT2D eigenvalue weighted by atomic mass is 10.2. The summed E-state index contributed by atoms with van der Waals surface area (Å²) < 4.78 is 14.8. The lowest BCUT2D eigenvalue weighted by molar-refractivity contribution is 0.101. The molecule has 1 fully saturated rings. The third kappa shape index (κ3) is 1.17. The van der Waals surface area contributed by atoms with Crippen molar-refractivity contribution in [1.82, 2.24) is 9.78 Å². The smallest absolute Gasteiger partial charge is 0.222 e. The minimum atomic E-state index is -0.493. The van der Waals surface area contributed by atoms with Crippen LogP contribution in [-0.4, -0.2) is 15.6 Å². The van der Waals surface area contributed by atoms with E-state index < -0.39 is 5.95 Å². The standard InChI is InChI=1S/C9H11FN2O/c1-6(13)7-5-11-12(8(7)10)9(2)3-4-9/h5H,3-4H2,1-2H3. The van der Waals surface area contributed by atoms with E-state index >= 15 is 0 Å². The van der Waals surface area contributed by atoms with Gasteiger partial charge in [0, 0.05) is 0 Å². The van der Waals surface area contributed by atoms with Crippen LogP contribution in [0.3, 0.4) is 0 Å². The Morgan fingerprint density at radius 3 is 2.69 bits per heavy atom. The molecule has 0 saturated heterocycles. The number of ketones is 1. The van der Waals surface area contributed by atoms with E-state index in [1.807, 2.05) is 6.92 Å². The molecule has 0 spiro atoms. The number of hydrogen-bond donors (Lipinski definition) is 0. The van der Waals surface area contributed by atoms with Crippen molar-refractivity contribution in [3.05, 3.63) is 17.7 Å². The maximum atomic E-state index is 13.5. The molecule has 1 saturated carbocycles. The third-order valence-electron chi connectivity index (χ3n) is 2.57. The van der Waals surface area contributed by atoms with E-state index in [0.29, 0.717) is 0 Å².